The topological polar surface area (TPSA) is 109 Å². The lowest BCUT2D eigenvalue weighted by Gasteiger charge is -2.13. The van der Waals surface area contributed by atoms with Gasteiger partial charge in [0, 0.05) is 18.7 Å². The minimum atomic E-state index is -5.20. The number of rotatable bonds is 6. The highest BCUT2D eigenvalue weighted by Crippen LogP contribution is 2.42. The maximum Gasteiger partial charge on any atom is 0.471 e. The summed E-state index contributed by atoms with van der Waals surface area (Å²) in [6.45, 7) is -0.166. The van der Waals surface area contributed by atoms with Crippen molar-refractivity contribution < 1.29 is 27.2 Å². The van der Waals surface area contributed by atoms with E-state index in [0.717, 1.165) is 29.8 Å². The molecular weight excluding hydrogens is 514 g/mol. The Morgan fingerprint density at radius 3 is 2.51 bits per heavy atom. The third-order valence-corrected chi connectivity index (χ3v) is 6.25. The second-order valence-corrected chi connectivity index (χ2v) is 8.44. The van der Waals surface area contributed by atoms with Crippen molar-refractivity contribution in [2.45, 2.75) is 12.7 Å². The fraction of sp³-hybridized carbons (Fsp3) is 0.143. The first-order valence-corrected chi connectivity index (χ1v) is 11.1. The zero-order valence-electron chi connectivity index (χ0n) is 17.4. The Balaban J connectivity index is 1.77. The number of alkyl halides is 3. The zero-order chi connectivity index (χ0) is 25.3. The Labute approximate surface area is 202 Å². The molecule has 0 aliphatic heterocycles. The monoisotopic (exact) mass is 527 g/mol. The van der Waals surface area contributed by atoms with Crippen LogP contribution in [0.4, 0.5) is 23.2 Å². The molecule has 0 bridgehead atoms. The van der Waals surface area contributed by atoms with Gasteiger partial charge in [0.2, 0.25) is 0 Å². The Morgan fingerprint density at radius 1 is 1.17 bits per heavy atom. The second kappa shape index (κ2) is 9.50. The maximum atomic E-state index is 13.1. The average Bonchev–Trinajstić information content (AvgIpc) is 3.35. The number of hydrogen-bond acceptors (Lipinski definition) is 5. The minimum absolute atomic E-state index is 0.0258. The molecule has 1 aromatic carbocycles. The van der Waals surface area contributed by atoms with E-state index in [2.05, 4.69) is 15.3 Å². The van der Waals surface area contributed by atoms with Gasteiger partial charge in [-0.3, -0.25) is 14.4 Å². The molecule has 3 N–H and O–H groups in total. The number of halogens is 5. The quantitative estimate of drug-likeness (QED) is 0.327. The molecular formula is C21H14ClF4N5O3S. The van der Waals surface area contributed by atoms with Crippen LogP contribution in [0.2, 0.25) is 5.02 Å². The fourth-order valence-corrected chi connectivity index (χ4v) is 4.60. The number of carbonyl (C=O) groups excluding carboxylic acids is 2. The number of amides is 2. The molecule has 14 heteroatoms. The van der Waals surface area contributed by atoms with Gasteiger partial charge in [0.25, 0.3) is 11.5 Å². The summed E-state index contributed by atoms with van der Waals surface area (Å²) in [5.41, 5.74) is -1.12. The molecule has 4 rings (SSSR count). The first kappa shape index (κ1) is 24.4. The first-order chi connectivity index (χ1) is 16.6. The van der Waals surface area contributed by atoms with Crippen molar-refractivity contribution in [3.05, 3.63) is 68.8 Å². The van der Waals surface area contributed by atoms with Crippen LogP contribution in [0.5, 0.6) is 0 Å². The lowest BCUT2D eigenvalue weighted by Crippen LogP contribution is -2.30. The van der Waals surface area contributed by atoms with E-state index in [0.29, 0.717) is 0 Å². The second-order valence-electron chi connectivity index (χ2n) is 7.12. The summed E-state index contributed by atoms with van der Waals surface area (Å²) in [5, 5.41) is 6.17. The molecule has 3 aromatic heterocycles. The normalized spacial score (nSPS) is 11.6. The molecule has 0 fully saturated rings. The van der Waals surface area contributed by atoms with Crippen molar-refractivity contribution in [2.75, 3.05) is 11.9 Å². The van der Waals surface area contributed by atoms with E-state index < -0.39 is 29.4 Å². The van der Waals surface area contributed by atoms with Crippen molar-refractivity contribution in [2.24, 2.45) is 0 Å². The number of benzene rings is 1. The van der Waals surface area contributed by atoms with Crippen LogP contribution in [0.1, 0.15) is 10.4 Å². The van der Waals surface area contributed by atoms with Crippen molar-refractivity contribution in [3.8, 4) is 10.6 Å². The Hall–Kier alpha value is -3.71. The average molecular weight is 528 g/mol. The molecule has 2 amide bonds. The molecule has 0 atom stereocenters. The predicted molar refractivity (Wildman–Crippen MR) is 122 cm³/mol. The van der Waals surface area contributed by atoms with Gasteiger partial charge < -0.3 is 20.2 Å². The standard InChI is InChI=1S/C21H14ClF4N5O3S/c22-12-5-8-35-17(12)15-14(30-20(34)21(24,25)26)13-16(19(33)29-9-28-13)31(15)7-6-27-18(32)10-1-3-11(23)4-2-10/h1-5,8-9H,6-7H2,(H,27,32)(H,30,34)(H,28,29,33). The number of aromatic nitrogens is 3. The first-order valence-electron chi connectivity index (χ1n) is 9.83. The van der Waals surface area contributed by atoms with E-state index >= 15 is 0 Å². The summed E-state index contributed by atoms with van der Waals surface area (Å²) in [4.78, 5) is 43.4. The van der Waals surface area contributed by atoms with E-state index in [1.807, 2.05) is 5.32 Å². The van der Waals surface area contributed by atoms with Crippen LogP contribution in [0.15, 0.2) is 46.8 Å². The van der Waals surface area contributed by atoms with Gasteiger partial charge in [0.15, 0.2) is 0 Å². The molecule has 8 nitrogen and oxygen atoms in total. The van der Waals surface area contributed by atoms with Crippen LogP contribution in [0, 0.1) is 5.82 Å². The van der Waals surface area contributed by atoms with Gasteiger partial charge in [-0.05, 0) is 35.7 Å². The van der Waals surface area contributed by atoms with Gasteiger partial charge in [-0.2, -0.15) is 13.2 Å². The van der Waals surface area contributed by atoms with Gasteiger partial charge in [-0.25, -0.2) is 9.37 Å². The summed E-state index contributed by atoms with van der Waals surface area (Å²) < 4.78 is 53.6. The van der Waals surface area contributed by atoms with E-state index in [9.17, 15) is 31.9 Å². The highest BCUT2D eigenvalue weighted by molar-refractivity contribution is 7.14. The van der Waals surface area contributed by atoms with E-state index in [1.54, 1.807) is 5.38 Å². The Morgan fingerprint density at radius 2 is 1.89 bits per heavy atom. The number of aromatic amines is 1. The number of anilines is 1. The number of thiophene rings is 1. The molecule has 0 radical (unpaired) electrons. The van der Waals surface area contributed by atoms with Crippen LogP contribution in [-0.4, -0.2) is 39.1 Å². The third kappa shape index (κ3) is 4.91. The summed E-state index contributed by atoms with van der Waals surface area (Å²) in [7, 11) is 0. The van der Waals surface area contributed by atoms with Gasteiger partial charge in [0.05, 0.1) is 27.6 Å². The highest BCUT2D eigenvalue weighted by Gasteiger charge is 2.40. The van der Waals surface area contributed by atoms with E-state index in [-0.39, 0.29) is 51.0 Å². The molecule has 4 aromatic rings. The third-order valence-electron chi connectivity index (χ3n) is 4.90. The summed E-state index contributed by atoms with van der Waals surface area (Å²) in [6.07, 6.45) is -4.20. The van der Waals surface area contributed by atoms with Crippen LogP contribution in [0.3, 0.4) is 0 Å². The van der Waals surface area contributed by atoms with Crippen molar-refractivity contribution >= 4 is 51.5 Å². The van der Waals surface area contributed by atoms with Crippen LogP contribution in [-0.2, 0) is 11.3 Å². The van der Waals surface area contributed by atoms with Crippen molar-refractivity contribution in [3.63, 3.8) is 0 Å². The van der Waals surface area contributed by atoms with Gasteiger partial charge in [-0.1, -0.05) is 11.6 Å². The number of nitrogens with zero attached hydrogens (tertiary/aromatic N) is 2. The smallest absolute Gasteiger partial charge is 0.350 e. The SMILES string of the molecule is O=C(NCCn1c(-c2sccc2Cl)c(NC(=O)C(F)(F)F)c2nc[nH]c(=O)c21)c1ccc(F)cc1. The predicted octanol–water partition coefficient (Wildman–Crippen LogP) is 4.18. The molecule has 0 unspecified atom stereocenters. The van der Waals surface area contributed by atoms with Gasteiger partial charge in [0.1, 0.15) is 16.9 Å². The summed E-state index contributed by atoms with van der Waals surface area (Å²) >= 11 is 7.32. The van der Waals surface area contributed by atoms with Gasteiger partial charge in [-0.15, -0.1) is 11.3 Å². The maximum absolute atomic E-state index is 13.1. The largest absolute Gasteiger partial charge is 0.471 e. The minimum Gasteiger partial charge on any atom is -0.350 e. The molecule has 182 valence electrons. The number of H-pyrrole nitrogens is 1. The lowest BCUT2D eigenvalue weighted by atomic mass is 10.2. The number of nitrogens with one attached hydrogen (secondary N) is 3. The van der Waals surface area contributed by atoms with Crippen molar-refractivity contribution in [1.29, 1.82) is 0 Å². The number of carbonyl (C=O) groups is 2. The Bertz CT molecular complexity index is 1480. The molecule has 0 aliphatic carbocycles. The molecule has 3 heterocycles. The molecule has 0 saturated heterocycles. The van der Waals surface area contributed by atoms with Crippen LogP contribution < -0.4 is 16.2 Å². The lowest BCUT2D eigenvalue weighted by molar-refractivity contribution is -0.167. The molecule has 0 saturated carbocycles. The van der Waals surface area contributed by atoms with E-state index in [1.165, 1.54) is 22.8 Å². The van der Waals surface area contributed by atoms with Crippen LogP contribution in [0.25, 0.3) is 21.6 Å². The summed E-state index contributed by atoms with van der Waals surface area (Å²) in [6, 6.07) is 6.31. The molecule has 35 heavy (non-hydrogen) atoms. The summed E-state index contributed by atoms with van der Waals surface area (Å²) in [5.74, 6) is -3.30. The number of fused-ring (bicyclic) bond motifs is 1. The number of hydrogen-bond donors (Lipinski definition) is 3. The van der Waals surface area contributed by atoms with Crippen molar-refractivity contribution in [1.82, 2.24) is 19.9 Å². The molecule has 0 aliphatic rings. The fourth-order valence-electron chi connectivity index (χ4n) is 3.39. The van der Waals surface area contributed by atoms with Crippen LogP contribution >= 0.6 is 22.9 Å². The zero-order valence-corrected chi connectivity index (χ0v) is 18.9. The van der Waals surface area contributed by atoms with E-state index in [4.69, 9.17) is 11.6 Å². The van der Waals surface area contributed by atoms with Gasteiger partial charge >= 0.3 is 12.1 Å². The highest BCUT2D eigenvalue weighted by atomic mass is 35.5. The molecule has 0 spiro atoms. The Kier molecular flexibility index (Phi) is 6.63.